The van der Waals surface area contributed by atoms with Gasteiger partial charge in [0, 0.05) is 12.2 Å². The molecule has 0 heterocycles. The van der Waals surface area contributed by atoms with Crippen LogP contribution < -0.4 is 0 Å². The van der Waals surface area contributed by atoms with E-state index in [1.165, 1.54) is 0 Å². The average molecular weight is 194 g/mol. The summed E-state index contributed by atoms with van der Waals surface area (Å²) in [7, 11) is 0. The van der Waals surface area contributed by atoms with Crippen LogP contribution >= 0.6 is 0 Å². The van der Waals surface area contributed by atoms with Gasteiger partial charge in [0.2, 0.25) is 0 Å². The minimum Gasteiger partial charge on any atom is -0.394 e. The summed E-state index contributed by atoms with van der Waals surface area (Å²) in [6.45, 7) is 12.1. The molecule has 0 radical (unpaired) electrons. The molecule has 0 bridgehead atoms. The van der Waals surface area contributed by atoms with E-state index in [1.807, 2.05) is 0 Å². The van der Waals surface area contributed by atoms with Crippen molar-refractivity contribution < 1.29 is 15.3 Å². The molecule has 0 atom stereocenters. The SMILES string of the molecule is CC(C)(C)O.CC(C)O.CC(C)O. The van der Waals surface area contributed by atoms with Crippen molar-refractivity contribution in [2.45, 2.75) is 66.3 Å². The average Bonchev–Trinajstić information content (AvgIpc) is 1.50. The minimum atomic E-state index is -0.500. The Labute approximate surface area is 82.4 Å². The molecular formula is C10H26O3. The first-order valence-corrected chi connectivity index (χ1v) is 4.55. The molecule has 3 N–H and O–H groups in total. The lowest BCUT2D eigenvalue weighted by Gasteiger charge is -2.04. The zero-order valence-electron chi connectivity index (χ0n) is 10.00. The predicted molar refractivity (Wildman–Crippen MR) is 56.7 cm³/mol. The molecule has 3 nitrogen and oxygen atoms in total. The maximum atomic E-state index is 8.52. The van der Waals surface area contributed by atoms with E-state index in [4.69, 9.17) is 15.3 Å². The zero-order valence-corrected chi connectivity index (χ0v) is 10.00. The van der Waals surface area contributed by atoms with Crippen LogP contribution in [0.1, 0.15) is 48.5 Å². The number of hydrogen-bond donors (Lipinski definition) is 3. The molecule has 0 aromatic heterocycles. The highest BCUT2D eigenvalue weighted by Crippen LogP contribution is 1.93. The third kappa shape index (κ3) is 80500. The van der Waals surface area contributed by atoms with Crippen molar-refractivity contribution in [2.75, 3.05) is 0 Å². The Morgan fingerprint density at radius 3 is 0.769 bits per heavy atom. The molecule has 0 unspecified atom stereocenters. The van der Waals surface area contributed by atoms with Gasteiger partial charge < -0.3 is 15.3 Å². The van der Waals surface area contributed by atoms with Crippen molar-refractivity contribution >= 4 is 0 Å². The van der Waals surface area contributed by atoms with Crippen LogP contribution in [0.15, 0.2) is 0 Å². The third-order valence-corrected chi connectivity index (χ3v) is 0. The van der Waals surface area contributed by atoms with Gasteiger partial charge >= 0.3 is 0 Å². The highest BCUT2D eigenvalue weighted by atomic mass is 16.3. The smallest absolute Gasteiger partial charge is 0.0563 e. The second-order valence-corrected chi connectivity index (χ2v) is 4.36. The normalized spacial score (nSPS) is 10.2. The van der Waals surface area contributed by atoms with Crippen LogP contribution in [0.4, 0.5) is 0 Å². The fourth-order valence-electron chi connectivity index (χ4n) is 0. The molecule has 84 valence electrons. The molecule has 0 fully saturated rings. The summed E-state index contributed by atoms with van der Waals surface area (Å²) in [6, 6.07) is 0. The third-order valence-electron chi connectivity index (χ3n) is 0. The van der Waals surface area contributed by atoms with Crippen molar-refractivity contribution in [3.05, 3.63) is 0 Å². The molecule has 0 saturated carbocycles. The van der Waals surface area contributed by atoms with Gasteiger partial charge in [-0.25, -0.2) is 0 Å². The number of rotatable bonds is 0. The maximum absolute atomic E-state index is 8.52. The van der Waals surface area contributed by atoms with Gasteiger partial charge in [0.25, 0.3) is 0 Å². The molecule has 0 amide bonds. The van der Waals surface area contributed by atoms with Crippen molar-refractivity contribution in [1.82, 2.24) is 0 Å². The quantitative estimate of drug-likeness (QED) is 0.548. The molecule has 0 aliphatic carbocycles. The van der Waals surface area contributed by atoms with Gasteiger partial charge in [-0.15, -0.1) is 0 Å². The van der Waals surface area contributed by atoms with Gasteiger partial charge in [-0.3, -0.25) is 0 Å². The molecule has 0 aliphatic heterocycles. The summed E-state index contributed by atoms with van der Waals surface area (Å²) in [4.78, 5) is 0. The van der Waals surface area contributed by atoms with Crippen LogP contribution in [0.3, 0.4) is 0 Å². The summed E-state index contributed by atoms with van der Waals surface area (Å²) < 4.78 is 0. The van der Waals surface area contributed by atoms with Crippen LogP contribution in [-0.4, -0.2) is 33.1 Å². The summed E-state index contributed by atoms with van der Waals surface area (Å²) in [5.41, 5.74) is -0.500. The minimum absolute atomic E-state index is 0.167. The lowest BCUT2D eigenvalue weighted by molar-refractivity contribution is 0.102. The molecular weight excluding hydrogens is 168 g/mol. The standard InChI is InChI=1S/C4H10O.2C3H8O/c1-4(2,3)5;2*1-3(2)4/h5H,1-3H3;2*3-4H,1-2H3. The van der Waals surface area contributed by atoms with E-state index >= 15 is 0 Å². The van der Waals surface area contributed by atoms with E-state index in [2.05, 4.69) is 0 Å². The van der Waals surface area contributed by atoms with Gasteiger partial charge in [0.05, 0.1) is 5.60 Å². The maximum Gasteiger partial charge on any atom is 0.0563 e. The summed E-state index contributed by atoms with van der Waals surface area (Å²) in [5.74, 6) is 0. The Bertz CT molecular complexity index is 65.2. The van der Waals surface area contributed by atoms with E-state index in [9.17, 15) is 0 Å². The molecule has 0 rings (SSSR count). The van der Waals surface area contributed by atoms with Crippen molar-refractivity contribution in [3.63, 3.8) is 0 Å². The largest absolute Gasteiger partial charge is 0.394 e. The van der Waals surface area contributed by atoms with E-state index in [1.54, 1.807) is 48.5 Å². The first-order valence-electron chi connectivity index (χ1n) is 4.55. The lowest BCUT2D eigenvalue weighted by Crippen LogP contribution is -2.10. The first kappa shape index (κ1) is 18.6. The van der Waals surface area contributed by atoms with E-state index in [-0.39, 0.29) is 12.2 Å². The second kappa shape index (κ2) is 9.96. The van der Waals surface area contributed by atoms with Crippen LogP contribution in [0.25, 0.3) is 0 Å². The molecule has 0 aromatic carbocycles. The fourth-order valence-corrected chi connectivity index (χ4v) is 0. The molecule has 0 saturated heterocycles. The number of aliphatic hydroxyl groups excluding tert-OH is 2. The van der Waals surface area contributed by atoms with Gasteiger partial charge in [-0.2, -0.15) is 0 Å². The van der Waals surface area contributed by atoms with E-state index in [0.29, 0.717) is 0 Å². The first-order chi connectivity index (χ1) is 5.46. The van der Waals surface area contributed by atoms with Crippen LogP contribution in [0.2, 0.25) is 0 Å². The Kier molecular flexibility index (Phi) is 14.3. The van der Waals surface area contributed by atoms with Crippen molar-refractivity contribution in [2.24, 2.45) is 0 Å². The fraction of sp³-hybridized carbons (Fsp3) is 1.00. The molecule has 0 spiro atoms. The Hall–Kier alpha value is -0.120. The van der Waals surface area contributed by atoms with E-state index in [0.717, 1.165) is 0 Å². The lowest BCUT2D eigenvalue weighted by atomic mass is 10.2. The summed E-state index contributed by atoms with van der Waals surface area (Å²) >= 11 is 0. The Balaban J connectivity index is -0.000000117. The number of hydrogen-bond acceptors (Lipinski definition) is 3. The van der Waals surface area contributed by atoms with Crippen LogP contribution in [-0.2, 0) is 0 Å². The van der Waals surface area contributed by atoms with Crippen molar-refractivity contribution in [1.29, 1.82) is 0 Å². The Morgan fingerprint density at radius 2 is 0.769 bits per heavy atom. The molecule has 3 heteroatoms. The summed E-state index contributed by atoms with van der Waals surface area (Å²) in [6.07, 6.45) is -0.333. The number of aliphatic hydroxyl groups is 3. The van der Waals surface area contributed by atoms with Crippen molar-refractivity contribution in [3.8, 4) is 0 Å². The molecule has 0 aliphatic rings. The second-order valence-electron chi connectivity index (χ2n) is 4.36. The van der Waals surface area contributed by atoms with Gasteiger partial charge in [-0.05, 0) is 48.5 Å². The highest BCUT2D eigenvalue weighted by Gasteiger charge is 1.97. The molecule has 0 aromatic rings. The van der Waals surface area contributed by atoms with E-state index < -0.39 is 5.60 Å². The monoisotopic (exact) mass is 194 g/mol. The highest BCUT2D eigenvalue weighted by molar-refractivity contribution is 4.50. The van der Waals surface area contributed by atoms with Gasteiger partial charge in [0.15, 0.2) is 0 Å². The summed E-state index contributed by atoms with van der Waals surface area (Å²) in [5, 5.41) is 24.6. The zero-order chi connectivity index (χ0) is 11.7. The molecule has 13 heavy (non-hydrogen) atoms. The Morgan fingerprint density at radius 1 is 0.769 bits per heavy atom. The van der Waals surface area contributed by atoms with Gasteiger partial charge in [-0.1, -0.05) is 0 Å². The van der Waals surface area contributed by atoms with Gasteiger partial charge in [0.1, 0.15) is 0 Å². The topological polar surface area (TPSA) is 60.7 Å². The van der Waals surface area contributed by atoms with Crippen LogP contribution in [0, 0.1) is 0 Å². The predicted octanol–water partition coefficient (Wildman–Crippen LogP) is 1.55. The van der Waals surface area contributed by atoms with Crippen LogP contribution in [0.5, 0.6) is 0 Å².